The van der Waals surface area contributed by atoms with E-state index in [-0.39, 0.29) is 6.61 Å². The Labute approximate surface area is 316 Å². The number of amides is 2. The molecule has 0 aromatic heterocycles. The molecule has 10 atom stereocenters. The Morgan fingerprint density at radius 2 is 1.46 bits per heavy atom. The van der Waals surface area contributed by atoms with E-state index < -0.39 is 99.2 Å². The van der Waals surface area contributed by atoms with Crippen LogP contribution in [0.15, 0.2) is 35.4 Å². The topological polar surface area (TPSA) is 206 Å². The fourth-order valence-electron chi connectivity index (χ4n) is 5.17. The van der Waals surface area contributed by atoms with Gasteiger partial charge in [0.2, 0.25) is 0 Å². The summed E-state index contributed by atoms with van der Waals surface area (Å²) in [4.78, 5) is 53.2. The third-order valence-corrected chi connectivity index (χ3v) is 8.35. The van der Waals surface area contributed by atoms with Crippen LogP contribution in [0.3, 0.4) is 0 Å². The Bertz CT molecular complexity index is 1400. The highest BCUT2D eigenvalue weighted by molar-refractivity contribution is 6.76. The maximum Gasteiger partial charge on any atom is 0.303 e. The third kappa shape index (κ3) is 11.7. The van der Waals surface area contributed by atoms with Crippen LogP contribution in [0.2, 0.25) is 0 Å². The van der Waals surface area contributed by atoms with Crippen molar-refractivity contribution in [1.29, 1.82) is 0 Å². The largest absolute Gasteiger partial charge is 0.463 e. The fourth-order valence-corrected chi connectivity index (χ4v) is 5.50. The van der Waals surface area contributed by atoms with E-state index >= 15 is 0 Å². The molecule has 1 aromatic carbocycles. The molecule has 0 bridgehead atoms. The summed E-state index contributed by atoms with van der Waals surface area (Å²) in [6.45, 7) is 3.18. The average Bonchev–Trinajstić information content (AvgIpc) is 3.02. The second-order valence-electron chi connectivity index (χ2n) is 10.9. The molecule has 2 aliphatic rings. The molecule has 2 saturated heterocycles. The standard InChI is InChI=1S/C28H33Cl6N5O11/c1-12-17(38-39-35)21(18(23(44-4)47-12)36-25(42)27(29,30)31)50-24-19(37-26(43)28(32,33)34)22(46-10-15-8-6-5-7-9-15)20(48-14(3)41)16(49-24)11-45-13(2)40/h5-9,12,16-24H,10-11H2,1-4H3,(H,36,42)(H,37,43)/t12-,16-,17+,18-,19+,20-,21+,22+,23-,24-/m1/s1. The molecule has 0 spiro atoms. The second-order valence-corrected chi connectivity index (χ2v) is 15.5. The lowest BCUT2D eigenvalue weighted by Gasteiger charge is -2.49. The van der Waals surface area contributed by atoms with Crippen LogP contribution in [0, 0.1) is 0 Å². The number of hydrogen-bond acceptors (Lipinski definition) is 12. The van der Waals surface area contributed by atoms with Gasteiger partial charge >= 0.3 is 11.9 Å². The molecule has 50 heavy (non-hydrogen) atoms. The zero-order valence-corrected chi connectivity index (χ0v) is 31.2. The summed E-state index contributed by atoms with van der Waals surface area (Å²) < 4.78 is 36.0. The number of nitrogens with one attached hydrogen (secondary N) is 2. The number of carbonyl (C=O) groups is 4. The summed E-state index contributed by atoms with van der Waals surface area (Å²) in [5.74, 6) is -3.79. The third-order valence-electron chi connectivity index (χ3n) is 7.32. The van der Waals surface area contributed by atoms with E-state index in [4.69, 9.17) is 103 Å². The van der Waals surface area contributed by atoms with Gasteiger partial charge in [-0.25, -0.2) is 0 Å². The lowest BCUT2D eigenvalue weighted by molar-refractivity contribution is -0.314. The molecule has 2 amide bonds. The van der Waals surface area contributed by atoms with Gasteiger partial charge in [0.1, 0.15) is 30.9 Å². The van der Waals surface area contributed by atoms with E-state index in [0.29, 0.717) is 5.56 Å². The molecule has 0 unspecified atom stereocenters. The lowest BCUT2D eigenvalue weighted by atomic mass is 9.93. The van der Waals surface area contributed by atoms with Gasteiger partial charge in [-0.3, -0.25) is 19.2 Å². The fraction of sp³-hybridized carbons (Fsp3) is 0.643. The van der Waals surface area contributed by atoms with Crippen molar-refractivity contribution in [1.82, 2.24) is 10.6 Å². The van der Waals surface area contributed by atoms with E-state index in [2.05, 4.69) is 20.7 Å². The summed E-state index contributed by atoms with van der Waals surface area (Å²) in [6, 6.07) is 4.68. The molecule has 2 N–H and O–H groups in total. The van der Waals surface area contributed by atoms with Crippen molar-refractivity contribution in [2.24, 2.45) is 5.11 Å². The Kier molecular flexibility index (Phi) is 15.8. The minimum absolute atomic E-state index is 0.111. The number of alkyl halides is 6. The Balaban J connectivity index is 2.19. The van der Waals surface area contributed by atoms with Gasteiger partial charge in [0.05, 0.1) is 24.9 Å². The van der Waals surface area contributed by atoms with Crippen LogP contribution in [0.1, 0.15) is 26.3 Å². The summed E-state index contributed by atoms with van der Waals surface area (Å²) >= 11 is 35.3. The molecule has 278 valence electrons. The molecule has 3 rings (SSSR count). The Hall–Kier alpha value is -2.05. The van der Waals surface area contributed by atoms with Crippen LogP contribution in [0.4, 0.5) is 0 Å². The van der Waals surface area contributed by atoms with Crippen LogP contribution in [-0.4, -0.2) is 106 Å². The quantitative estimate of drug-likeness (QED) is 0.101. The van der Waals surface area contributed by atoms with Crippen LogP contribution in [-0.2, 0) is 58.9 Å². The first-order chi connectivity index (χ1) is 23.4. The van der Waals surface area contributed by atoms with Crippen LogP contribution >= 0.6 is 69.6 Å². The molecular formula is C28H33Cl6N5O11. The maximum atomic E-state index is 13.2. The van der Waals surface area contributed by atoms with Crippen molar-refractivity contribution in [3.8, 4) is 0 Å². The Morgan fingerprint density at radius 1 is 0.880 bits per heavy atom. The highest BCUT2D eigenvalue weighted by atomic mass is 35.6. The molecule has 2 heterocycles. The summed E-state index contributed by atoms with van der Waals surface area (Å²) in [7, 11) is 1.25. The SMILES string of the molecule is CO[C@@H]1O[C@H](C)[C@H](N=[N+]=[N-])[C@H](O[C@H]2O[C@H](COC(C)=O)[C@@H](OC(C)=O)[C@@H](OCc3ccccc3)[C@@H]2NC(=O)C(Cl)(Cl)Cl)[C@H]1NC(=O)C(Cl)(Cl)Cl. The van der Waals surface area contributed by atoms with E-state index in [0.717, 1.165) is 13.8 Å². The summed E-state index contributed by atoms with van der Waals surface area (Å²) in [6.07, 6.45) is -9.36. The Morgan fingerprint density at radius 3 is 1.96 bits per heavy atom. The number of halogens is 6. The number of nitrogens with zero attached hydrogens (tertiary/aromatic N) is 3. The van der Waals surface area contributed by atoms with Gasteiger partial charge in [0, 0.05) is 25.9 Å². The number of benzene rings is 1. The molecule has 0 aliphatic carbocycles. The van der Waals surface area contributed by atoms with Gasteiger partial charge in [-0.2, -0.15) is 0 Å². The lowest BCUT2D eigenvalue weighted by Crippen LogP contribution is -2.70. The highest BCUT2D eigenvalue weighted by Crippen LogP contribution is 2.35. The van der Waals surface area contributed by atoms with E-state index in [9.17, 15) is 24.7 Å². The van der Waals surface area contributed by atoms with Gasteiger partial charge in [-0.1, -0.05) is 105 Å². The highest BCUT2D eigenvalue weighted by Gasteiger charge is 2.55. The predicted octanol–water partition coefficient (Wildman–Crippen LogP) is 3.96. The number of ether oxygens (including phenoxy) is 7. The van der Waals surface area contributed by atoms with Crippen LogP contribution in [0.5, 0.6) is 0 Å². The maximum absolute atomic E-state index is 13.2. The molecule has 22 heteroatoms. The van der Waals surface area contributed by atoms with E-state index in [1.807, 2.05) is 0 Å². The van der Waals surface area contributed by atoms with Crippen LogP contribution in [0.25, 0.3) is 10.4 Å². The van der Waals surface area contributed by atoms with Crippen molar-refractivity contribution >= 4 is 93.4 Å². The molecule has 1 aromatic rings. The summed E-state index contributed by atoms with van der Waals surface area (Å²) in [5, 5.41) is 8.78. The average molecular weight is 828 g/mol. The van der Waals surface area contributed by atoms with E-state index in [1.165, 1.54) is 14.0 Å². The molecule has 0 saturated carbocycles. The number of azide groups is 1. The van der Waals surface area contributed by atoms with Gasteiger partial charge in [0.15, 0.2) is 18.7 Å². The molecule has 0 radical (unpaired) electrons. The molecule has 2 aliphatic heterocycles. The smallest absolute Gasteiger partial charge is 0.303 e. The number of hydrogen-bond donors (Lipinski definition) is 2. The predicted molar refractivity (Wildman–Crippen MR) is 179 cm³/mol. The first-order valence-corrected chi connectivity index (χ1v) is 16.9. The number of esters is 2. The zero-order valence-electron chi connectivity index (χ0n) is 26.7. The minimum Gasteiger partial charge on any atom is -0.463 e. The van der Waals surface area contributed by atoms with Gasteiger partial charge in [-0.15, -0.1) is 0 Å². The number of rotatable bonds is 12. The van der Waals surface area contributed by atoms with Gasteiger partial charge in [0.25, 0.3) is 19.4 Å². The summed E-state index contributed by atoms with van der Waals surface area (Å²) in [5.41, 5.74) is 10.1. The monoisotopic (exact) mass is 825 g/mol. The normalized spacial score (nSPS) is 30.0. The van der Waals surface area contributed by atoms with Gasteiger partial charge < -0.3 is 43.8 Å². The minimum atomic E-state index is -2.52. The first-order valence-electron chi connectivity index (χ1n) is 14.6. The van der Waals surface area contributed by atoms with Crippen molar-refractivity contribution < 1.29 is 52.3 Å². The van der Waals surface area contributed by atoms with Gasteiger partial charge in [-0.05, 0) is 18.0 Å². The number of carbonyl (C=O) groups excluding carboxylic acids is 4. The van der Waals surface area contributed by atoms with Crippen molar-refractivity contribution in [3.63, 3.8) is 0 Å². The van der Waals surface area contributed by atoms with Crippen LogP contribution < -0.4 is 10.6 Å². The van der Waals surface area contributed by atoms with Crippen molar-refractivity contribution in [2.75, 3.05) is 13.7 Å². The molecule has 16 nitrogen and oxygen atoms in total. The van der Waals surface area contributed by atoms with Crippen molar-refractivity contribution in [2.45, 2.75) is 96.2 Å². The molecular weight excluding hydrogens is 795 g/mol. The van der Waals surface area contributed by atoms with E-state index in [1.54, 1.807) is 30.3 Å². The second kappa shape index (κ2) is 18.6. The first kappa shape index (κ1) is 42.4. The van der Waals surface area contributed by atoms with Crippen molar-refractivity contribution in [3.05, 3.63) is 46.3 Å². The number of methoxy groups -OCH3 is 1. The zero-order chi connectivity index (χ0) is 37.4. The molecule has 2 fully saturated rings.